The molecule has 2 fully saturated rings. The van der Waals surface area contributed by atoms with E-state index in [0.717, 1.165) is 11.8 Å². The number of hydrogen-bond acceptors (Lipinski definition) is 2. The molecular formula is C15H30N2. The van der Waals surface area contributed by atoms with E-state index >= 15 is 0 Å². The third kappa shape index (κ3) is 3.96. The first kappa shape index (κ1) is 13.4. The second-order valence-corrected chi connectivity index (χ2v) is 6.05. The number of piperidine rings is 2. The third-order valence-corrected chi connectivity index (χ3v) is 4.85. The van der Waals surface area contributed by atoms with Gasteiger partial charge >= 0.3 is 0 Å². The van der Waals surface area contributed by atoms with Crippen molar-refractivity contribution in [2.24, 2.45) is 11.8 Å². The van der Waals surface area contributed by atoms with Gasteiger partial charge in [0.05, 0.1) is 0 Å². The average Bonchev–Trinajstić information content (AvgIpc) is 2.40. The molecule has 0 bridgehead atoms. The van der Waals surface area contributed by atoms with Crippen LogP contribution in [0.5, 0.6) is 0 Å². The molecular weight excluding hydrogens is 208 g/mol. The maximum absolute atomic E-state index is 2.73. The molecule has 0 aromatic carbocycles. The molecule has 2 heteroatoms. The summed E-state index contributed by atoms with van der Waals surface area (Å²) in [6, 6.07) is 0. The first-order chi connectivity index (χ1) is 8.31. The SMILES string of the molecule is CCC1CCN(C[C@@H]2CCCN(CC)C2)CC1. The van der Waals surface area contributed by atoms with E-state index in [1.165, 1.54) is 71.4 Å². The van der Waals surface area contributed by atoms with Crippen molar-refractivity contribution in [1.29, 1.82) is 0 Å². The van der Waals surface area contributed by atoms with Gasteiger partial charge in [-0.3, -0.25) is 0 Å². The van der Waals surface area contributed by atoms with Crippen LogP contribution in [0.25, 0.3) is 0 Å². The second kappa shape index (κ2) is 6.75. The van der Waals surface area contributed by atoms with Gasteiger partial charge in [0.2, 0.25) is 0 Å². The van der Waals surface area contributed by atoms with Gasteiger partial charge < -0.3 is 9.80 Å². The summed E-state index contributed by atoms with van der Waals surface area (Å²) in [5.74, 6) is 1.96. The molecule has 2 saturated heterocycles. The van der Waals surface area contributed by atoms with Crippen LogP contribution in [-0.2, 0) is 0 Å². The maximum atomic E-state index is 2.73. The number of nitrogens with zero attached hydrogens (tertiary/aromatic N) is 2. The Bertz CT molecular complexity index is 209. The lowest BCUT2D eigenvalue weighted by molar-refractivity contribution is 0.112. The molecule has 2 nitrogen and oxygen atoms in total. The fourth-order valence-electron chi connectivity index (χ4n) is 3.53. The van der Waals surface area contributed by atoms with Crippen molar-refractivity contribution >= 4 is 0 Å². The van der Waals surface area contributed by atoms with E-state index in [-0.39, 0.29) is 0 Å². The van der Waals surface area contributed by atoms with Crippen LogP contribution in [0, 0.1) is 11.8 Å². The molecule has 0 aromatic rings. The second-order valence-electron chi connectivity index (χ2n) is 6.05. The van der Waals surface area contributed by atoms with Crippen LogP contribution in [-0.4, -0.2) is 49.1 Å². The molecule has 100 valence electrons. The van der Waals surface area contributed by atoms with E-state index in [2.05, 4.69) is 23.6 Å². The van der Waals surface area contributed by atoms with E-state index in [1.54, 1.807) is 0 Å². The summed E-state index contributed by atoms with van der Waals surface area (Å²) in [5.41, 5.74) is 0. The maximum Gasteiger partial charge on any atom is 0.00219 e. The highest BCUT2D eigenvalue weighted by Gasteiger charge is 2.23. The third-order valence-electron chi connectivity index (χ3n) is 4.85. The predicted molar refractivity (Wildman–Crippen MR) is 74.3 cm³/mol. The fourth-order valence-corrected chi connectivity index (χ4v) is 3.53. The normalized spacial score (nSPS) is 29.6. The highest BCUT2D eigenvalue weighted by Crippen LogP contribution is 2.23. The van der Waals surface area contributed by atoms with Crippen LogP contribution in [0.15, 0.2) is 0 Å². The van der Waals surface area contributed by atoms with Gasteiger partial charge in [-0.15, -0.1) is 0 Å². The summed E-state index contributed by atoms with van der Waals surface area (Å²) in [5, 5.41) is 0. The summed E-state index contributed by atoms with van der Waals surface area (Å²) < 4.78 is 0. The van der Waals surface area contributed by atoms with Gasteiger partial charge in [0.25, 0.3) is 0 Å². The molecule has 0 amide bonds. The topological polar surface area (TPSA) is 6.48 Å². The van der Waals surface area contributed by atoms with E-state index < -0.39 is 0 Å². The number of rotatable bonds is 4. The summed E-state index contributed by atoms with van der Waals surface area (Å²) >= 11 is 0. The zero-order valence-corrected chi connectivity index (χ0v) is 11.8. The zero-order chi connectivity index (χ0) is 12.1. The Morgan fingerprint density at radius 2 is 1.65 bits per heavy atom. The summed E-state index contributed by atoms with van der Waals surface area (Å²) in [6.45, 7) is 12.7. The molecule has 0 N–H and O–H groups in total. The predicted octanol–water partition coefficient (Wildman–Crippen LogP) is 2.84. The minimum absolute atomic E-state index is 0.946. The summed E-state index contributed by atoms with van der Waals surface area (Å²) in [7, 11) is 0. The van der Waals surface area contributed by atoms with Gasteiger partial charge in [-0.1, -0.05) is 20.3 Å². The summed E-state index contributed by atoms with van der Waals surface area (Å²) in [6.07, 6.45) is 7.16. The van der Waals surface area contributed by atoms with Crippen molar-refractivity contribution in [1.82, 2.24) is 9.80 Å². The number of likely N-dealkylation sites (tertiary alicyclic amines) is 2. The van der Waals surface area contributed by atoms with Gasteiger partial charge in [-0.2, -0.15) is 0 Å². The smallest absolute Gasteiger partial charge is 0.00219 e. The summed E-state index contributed by atoms with van der Waals surface area (Å²) in [4.78, 5) is 5.36. The average molecular weight is 238 g/mol. The van der Waals surface area contributed by atoms with Crippen molar-refractivity contribution in [3.05, 3.63) is 0 Å². The van der Waals surface area contributed by atoms with Gasteiger partial charge in [0, 0.05) is 13.1 Å². The molecule has 1 atom stereocenters. The van der Waals surface area contributed by atoms with Crippen molar-refractivity contribution in [3.63, 3.8) is 0 Å². The lowest BCUT2D eigenvalue weighted by Gasteiger charge is -2.37. The van der Waals surface area contributed by atoms with Crippen LogP contribution in [0.3, 0.4) is 0 Å². The highest BCUT2D eigenvalue weighted by atomic mass is 15.2. The quantitative estimate of drug-likeness (QED) is 0.743. The Labute approximate surface area is 107 Å². The zero-order valence-electron chi connectivity index (χ0n) is 11.8. The first-order valence-corrected chi connectivity index (χ1v) is 7.76. The van der Waals surface area contributed by atoms with Gasteiger partial charge in [-0.25, -0.2) is 0 Å². The van der Waals surface area contributed by atoms with Gasteiger partial charge in [0.15, 0.2) is 0 Å². The van der Waals surface area contributed by atoms with Crippen LogP contribution in [0.2, 0.25) is 0 Å². The molecule has 0 saturated carbocycles. The van der Waals surface area contributed by atoms with Crippen LogP contribution >= 0.6 is 0 Å². The molecule has 0 aliphatic carbocycles. The van der Waals surface area contributed by atoms with Gasteiger partial charge in [-0.05, 0) is 63.7 Å². The van der Waals surface area contributed by atoms with Crippen LogP contribution in [0.1, 0.15) is 46.0 Å². The fraction of sp³-hybridized carbons (Fsp3) is 1.00. The van der Waals surface area contributed by atoms with Crippen LogP contribution in [0.4, 0.5) is 0 Å². The van der Waals surface area contributed by atoms with Gasteiger partial charge in [0.1, 0.15) is 0 Å². The monoisotopic (exact) mass is 238 g/mol. The Balaban J connectivity index is 1.70. The minimum atomic E-state index is 0.946. The molecule has 2 heterocycles. The Morgan fingerprint density at radius 3 is 2.29 bits per heavy atom. The van der Waals surface area contributed by atoms with Crippen molar-refractivity contribution in [2.75, 3.05) is 39.3 Å². The standard InChI is InChI=1S/C15H30N2/c1-3-14-7-10-17(11-8-14)13-15-6-5-9-16(4-2)12-15/h14-15H,3-13H2,1-2H3/t15-/m1/s1. The molecule has 17 heavy (non-hydrogen) atoms. The Kier molecular flexibility index (Phi) is 5.30. The molecule has 0 radical (unpaired) electrons. The highest BCUT2D eigenvalue weighted by molar-refractivity contribution is 4.78. The lowest BCUT2D eigenvalue weighted by Crippen LogP contribution is -2.43. The van der Waals surface area contributed by atoms with E-state index in [0.29, 0.717) is 0 Å². The van der Waals surface area contributed by atoms with Crippen molar-refractivity contribution < 1.29 is 0 Å². The number of hydrogen-bond donors (Lipinski definition) is 0. The molecule has 0 unspecified atom stereocenters. The molecule has 2 rings (SSSR count). The van der Waals surface area contributed by atoms with E-state index in [4.69, 9.17) is 0 Å². The molecule has 0 spiro atoms. The Morgan fingerprint density at radius 1 is 0.882 bits per heavy atom. The van der Waals surface area contributed by atoms with Crippen LogP contribution < -0.4 is 0 Å². The first-order valence-electron chi connectivity index (χ1n) is 7.76. The molecule has 0 aromatic heterocycles. The molecule has 2 aliphatic heterocycles. The molecule has 2 aliphatic rings. The Hall–Kier alpha value is -0.0800. The van der Waals surface area contributed by atoms with Crippen molar-refractivity contribution in [2.45, 2.75) is 46.0 Å². The largest absolute Gasteiger partial charge is 0.303 e. The van der Waals surface area contributed by atoms with E-state index in [1.807, 2.05) is 0 Å². The minimum Gasteiger partial charge on any atom is -0.303 e. The van der Waals surface area contributed by atoms with Crippen molar-refractivity contribution in [3.8, 4) is 0 Å². The lowest BCUT2D eigenvalue weighted by atomic mass is 9.92. The van der Waals surface area contributed by atoms with E-state index in [9.17, 15) is 0 Å².